The number of rotatable bonds is 4. The maximum Gasteiger partial charge on any atom is 0.126 e. The first kappa shape index (κ1) is 15.3. The second-order valence-electron chi connectivity index (χ2n) is 6.44. The number of benzene rings is 1. The molecule has 112 valence electrons. The molecule has 1 atom stereocenters. The van der Waals surface area contributed by atoms with E-state index in [1.54, 1.807) is 7.11 Å². The number of nitrogens with two attached hydrogens (primary N) is 1. The smallest absolute Gasteiger partial charge is 0.126 e. The van der Waals surface area contributed by atoms with Crippen molar-refractivity contribution in [1.82, 2.24) is 5.43 Å². The van der Waals surface area contributed by atoms with Gasteiger partial charge in [-0.2, -0.15) is 0 Å². The topological polar surface area (TPSA) is 47.3 Å². The molecule has 3 nitrogen and oxygen atoms in total. The van der Waals surface area contributed by atoms with Gasteiger partial charge in [-0.25, -0.2) is 0 Å². The number of hydrogen-bond donors (Lipinski definition) is 2. The van der Waals surface area contributed by atoms with Crippen molar-refractivity contribution in [2.75, 3.05) is 7.11 Å². The zero-order chi connectivity index (χ0) is 14.8. The van der Waals surface area contributed by atoms with E-state index < -0.39 is 0 Å². The van der Waals surface area contributed by atoms with Crippen LogP contribution in [-0.2, 0) is 0 Å². The minimum absolute atomic E-state index is 0.150. The van der Waals surface area contributed by atoms with Gasteiger partial charge in [-0.15, -0.1) is 0 Å². The van der Waals surface area contributed by atoms with Crippen molar-refractivity contribution >= 4 is 0 Å². The van der Waals surface area contributed by atoms with Gasteiger partial charge in [0.05, 0.1) is 13.2 Å². The first-order chi connectivity index (χ1) is 9.53. The largest absolute Gasteiger partial charge is 0.496 e. The summed E-state index contributed by atoms with van der Waals surface area (Å²) in [5.74, 6) is 6.91. The van der Waals surface area contributed by atoms with Crippen LogP contribution in [-0.4, -0.2) is 7.11 Å². The van der Waals surface area contributed by atoms with Gasteiger partial charge in [-0.3, -0.25) is 11.3 Å². The molecule has 0 spiro atoms. The van der Waals surface area contributed by atoms with Crippen LogP contribution in [0.1, 0.15) is 61.8 Å². The number of ether oxygens (including phenoxy) is 1. The van der Waals surface area contributed by atoms with E-state index >= 15 is 0 Å². The van der Waals surface area contributed by atoms with E-state index in [4.69, 9.17) is 10.6 Å². The fourth-order valence-corrected chi connectivity index (χ4v) is 3.62. The fourth-order valence-electron chi connectivity index (χ4n) is 3.62. The molecule has 1 aliphatic rings. The first-order valence-electron chi connectivity index (χ1n) is 7.63. The molecular formula is C17H28N2O. The average Bonchev–Trinajstić information content (AvgIpc) is 2.44. The number of hydrazine groups is 1. The van der Waals surface area contributed by atoms with Gasteiger partial charge in [-0.05, 0) is 43.2 Å². The summed E-state index contributed by atoms with van der Waals surface area (Å²) in [7, 11) is 1.75. The summed E-state index contributed by atoms with van der Waals surface area (Å²) in [6.45, 7) is 6.59. The highest BCUT2D eigenvalue weighted by Gasteiger charge is 2.37. The summed E-state index contributed by atoms with van der Waals surface area (Å²) in [6, 6.07) is 4.49. The second-order valence-corrected chi connectivity index (χ2v) is 6.44. The van der Waals surface area contributed by atoms with E-state index in [2.05, 4.69) is 38.3 Å². The van der Waals surface area contributed by atoms with Gasteiger partial charge in [0.1, 0.15) is 5.75 Å². The van der Waals surface area contributed by atoms with Crippen LogP contribution in [0.4, 0.5) is 0 Å². The van der Waals surface area contributed by atoms with Gasteiger partial charge in [0.15, 0.2) is 0 Å². The molecule has 1 aromatic rings. The van der Waals surface area contributed by atoms with Crippen LogP contribution in [0.3, 0.4) is 0 Å². The lowest BCUT2D eigenvalue weighted by molar-refractivity contribution is 0.143. The molecule has 0 radical (unpaired) electrons. The van der Waals surface area contributed by atoms with Gasteiger partial charge in [0.2, 0.25) is 0 Å². The molecular weight excluding hydrogens is 248 g/mol. The van der Waals surface area contributed by atoms with Crippen molar-refractivity contribution in [2.24, 2.45) is 11.3 Å². The van der Waals surface area contributed by atoms with Gasteiger partial charge in [0.25, 0.3) is 0 Å². The van der Waals surface area contributed by atoms with E-state index in [1.165, 1.54) is 48.8 Å². The van der Waals surface area contributed by atoms with Gasteiger partial charge in [-0.1, -0.05) is 38.3 Å². The van der Waals surface area contributed by atoms with Crippen LogP contribution < -0.4 is 16.0 Å². The van der Waals surface area contributed by atoms with E-state index in [1.807, 2.05) is 0 Å². The summed E-state index contributed by atoms with van der Waals surface area (Å²) in [6.07, 6.45) is 6.37. The lowest BCUT2D eigenvalue weighted by atomic mass is 9.68. The third kappa shape index (κ3) is 2.70. The van der Waals surface area contributed by atoms with Gasteiger partial charge >= 0.3 is 0 Å². The predicted molar refractivity (Wildman–Crippen MR) is 83.7 cm³/mol. The zero-order valence-corrected chi connectivity index (χ0v) is 13.3. The fraction of sp³-hybridized carbons (Fsp3) is 0.647. The Morgan fingerprint density at radius 1 is 1.20 bits per heavy atom. The summed E-state index contributed by atoms with van der Waals surface area (Å²) in [5, 5.41) is 0. The lowest BCUT2D eigenvalue weighted by Crippen LogP contribution is -2.41. The lowest BCUT2D eigenvalue weighted by Gasteiger charge is -2.41. The molecule has 1 saturated carbocycles. The van der Waals surface area contributed by atoms with Crippen molar-refractivity contribution < 1.29 is 4.74 Å². The first-order valence-corrected chi connectivity index (χ1v) is 7.63. The molecule has 1 fully saturated rings. The van der Waals surface area contributed by atoms with Crippen molar-refractivity contribution in [2.45, 2.75) is 58.9 Å². The van der Waals surface area contributed by atoms with E-state index in [9.17, 15) is 0 Å². The molecule has 1 aliphatic carbocycles. The number of methoxy groups -OCH3 is 1. The highest BCUT2D eigenvalue weighted by Crippen LogP contribution is 2.47. The molecule has 0 aliphatic heterocycles. The van der Waals surface area contributed by atoms with E-state index in [-0.39, 0.29) is 11.5 Å². The molecule has 2 rings (SSSR count). The van der Waals surface area contributed by atoms with Crippen LogP contribution in [0.2, 0.25) is 0 Å². The van der Waals surface area contributed by atoms with Crippen molar-refractivity contribution in [3.63, 3.8) is 0 Å². The third-order valence-corrected chi connectivity index (χ3v) is 5.08. The molecule has 0 heterocycles. The highest BCUT2D eigenvalue weighted by atomic mass is 16.5. The van der Waals surface area contributed by atoms with Crippen LogP contribution in [0, 0.1) is 19.3 Å². The van der Waals surface area contributed by atoms with Crippen molar-refractivity contribution in [3.05, 3.63) is 28.8 Å². The Balaban J connectivity index is 2.44. The van der Waals surface area contributed by atoms with E-state index in [0.717, 1.165) is 5.75 Å². The number of hydrogen-bond acceptors (Lipinski definition) is 3. The monoisotopic (exact) mass is 276 g/mol. The summed E-state index contributed by atoms with van der Waals surface area (Å²) in [5.41, 5.74) is 6.95. The molecule has 0 amide bonds. The van der Waals surface area contributed by atoms with Crippen molar-refractivity contribution in [1.29, 1.82) is 0 Å². The molecule has 0 saturated heterocycles. The summed E-state index contributed by atoms with van der Waals surface area (Å²) < 4.78 is 5.68. The Bertz CT molecular complexity index is 464. The maximum atomic E-state index is 5.93. The highest BCUT2D eigenvalue weighted by molar-refractivity contribution is 5.47. The molecule has 0 aromatic heterocycles. The summed E-state index contributed by atoms with van der Waals surface area (Å²) >= 11 is 0. The SMILES string of the molecule is COc1c(C(NN)C2(C)CCCCC2)ccc(C)c1C. The Labute approximate surface area is 122 Å². The Kier molecular flexibility index (Phi) is 4.71. The quantitative estimate of drug-likeness (QED) is 0.650. The summed E-state index contributed by atoms with van der Waals surface area (Å²) in [4.78, 5) is 0. The molecule has 0 bridgehead atoms. The minimum Gasteiger partial charge on any atom is -0.496 e. The van der Waals surface area contributed by atoms with Crippen LogP contribution in [0.25, 0.3) is 0 Å². The minimum atomic E-state index is 0.150. The second kappa shape index (κ2) is 6.15. The van der Waals surface area contributed by atoms with Crippen LogP contribution >= 0.6 is 0 Å². The third-order valence-electron chi connectivity index (χ3n) is 5.08. The standard InChI is InChI=1S/C17H28N2O/c1-12-8-9-14(15(20-4)13(12)2)16(19-18)17(3)10-6-5-7-11-17/h8-9,16,19H,5-7,10-11,18H2,1-4H3. The van der Waals surface area contributed by atoms with Gasteiger partial charge < -0.3 is 4.74 Å². The zero-order valence-electron chi connectivity index (χ0n) is 13.3. The van der Waals surface area contributed by atoms with Crippen LogP contribution in [0.15, 0.2) is 12.1 Å². The molecule has 3 heteroatoms. The van der Waals surface area contributed by atoms with Gasteiger partial charge in [0, 0.05) is 5.56 Å². The van der Waals surface area contributed by atoms with E-state index in [0.29, 0.717) is 0 Å². The molecule has 1 unspecified atom stereocenters. The normalized spacial score (nSPS) is 19.6. The Morgan fingerprint density at radius 2 is 1.85 bits per heavy atom. The molecule has 1 aromatic carbocycles. The number of aryl methyl sites for hydroxylation is 1. The Morgan fingerprint density at radius 3 is 2.40 bits per heavy atom. The molecule has 3 N–H and O–H groups in total. The maximum absolute atomic E-state index is 5.93. The van der Waals surface area contributed by atoms with Crippen LogP contribution in [0.5, 0.6) is 5.75 Å². The van der Waals surface area contributed by atoms with Crippen molar-refractivity contribution in [3.8, 4) is 5.75 Å². The Hall–Kier alpha value is -1.06. The molecule has 20 heavy (non-hydrogen) atoms. The number of nitrogens with one attached hydrogen (secondary N) is 1. The average molecular weight is 276 g/mol. The predicted octanol–water partition coefficient (Wildman–Crippen LogP) is 3.79.